The van der Waals surface area contributed by atoms with E-state index in [-0.39, 0.29) is 16.7 Å². The van der Waals surface area contributed by atoms with Gasteiger partial charge in [-0.3, -0.25) is 9.48 Å². The van der Waals surface area contributed by atoms with Crippen LogP contribution in [-0.4, -0.2) is 29.5 Å². The molecule has 1 aromatic rings. The van der Waals surface area contributed by atoms with E-state index in [1.807, 2.05) is 6.92 Å². The summed E-state index contributed by atoms with van der Waals surface area (Å²) in [6, 6.07) is 1.41. The number of aryl methyl sites for hydroxylation is 1. The van der Waals surface area contributed by atoms with Crippen LogP contribution in [0.4, 0.5) is 5.82 Å². The van der Waals surface area contributed by atoms with E-state index in [0.29, 0.717) is 12.4 Å². The van der Waals surface area contributed by atoms with Crippen molar-refractivity contribution in [2.75, 3.05) is 19.0 Å². The molecule has 15 heavy (non-hydrogen) atoms. The van der Waals surface area contributed by atoms with Crippen LogP contribution in [0.2, 0.25) is 5.15 Å². The third kappa shape index (κ3) is 3.21. The van der Waals surface area contributed by atoms with Gasteiger partial charge < -0.3 is 10.1 Å². The van der Waals surface area contributed by atoms with Gasteiger partial charge in [-0.15, -0.1) is 0 Å². The quantitative estimate of drug-likeness (QED) is 0.836. The highest BCUT2D eigenvalue weighted by Crippen LogP contribution is 2.04. The van der Waals surface area contributed by atoms with Gasteiger partial charge in [-0.05, 0) is 6.92 Å². The van der Waals surface area contributed by atoms with Crippen molar-refractivity contribution < 1.29 is 4.74 Å². The van der Waals surface area contributed by atoms with Crippen molar-refractivity contribution in [1.82, 2.24) is 9.78 Å². The monoisotopic (exact) mass is 231 g/mol. The lowest BCUT2D eigenvalue weighted by atomic mass is 10.4. The molecule has 1 heterocycles. The van der Waals surface area contributed by atoms with Crippen molar-refractivity contribution >= 4 is 17.4 Å². The third-order valence-electron chi connectivity index (χ3n) is 2.03. The number of aromatic nitrogens is 2. The molecule has 0 aliphatic carbocycles. The maximum Gasteiger partial charge on any atom is 0.221 e. The number of anilines is 1. The zero-order chi connectivity index (χ0) is 11.4. The largest absolute Gasteiger partial charge is 0.380 e. The molecule has 0 saturated heterocycles. The van der Waals surface area contributed by atoms with Gasteiger partial charge in [-0.1, -0.05) is 11.6 Å². The first kappa shape index (κ1) is 12.0. The Balaban J connectivity index is 2.78. The van der Waals surface area contributed by atoms with E-state index in [9.17, 15) is 4.79 Å². The summed E-state index contributed by atoms with van der Waals surface area (Å²) in [5, 5.41) is 6.87. The smallest absolute Gasteiger partial charge is 0.221 e. The Labute approximate surface area is 93.0 Å². The van der Waals surface area contributed by atoms with Crippen LogP contribution in [0.1, 0.15) is 6.92 Å². The number of hydrogen-bond donors (Lipinski definition) is 1. The molecule has 0 aromatic carbocycles. The summed E-state index contributed by atoms with van der Waals surface area (Å²) in [6.45, 7) is 2.53. The number of nitrogens with zero attached hydrogens (tertiary/aromatic N) is 2. The van der Waals surface area contributed by atoms with Gasteiger partial charge in [0.25, 0.3) is 0 Å². The molecule has 0 radical (unpaired) electrons. The van der Waals surface area contributed by atoms with E-state index in [0.717, 1.165) is 0 Å². The second-order valence-corrected chi connectivity index (χ2v) is 3.59. The molecule has 0 bridgehead atoms. The minimum Gasteiger partial charge on any atom is -0.380 e. The normalized spacial score (nSPS) is 12.5. The fourth-order valence-electron chi connectivity index (χ4n) is 1.01. The van der Waals surface area contributed by atoms with E-state index < -0.39 is 0 Å². The first-order chi connectivity index (χ1) is 7.04. The molecule has 1 rings (SSSR count). The number of methoxy groups -OCH3 is 1. The van der Waals surface area contributed by atoms with Crippen LogP contribution in [0.25, 0.3) is 0 Å². The number of rotatable bonds is 4. The molecule has 0 amide bonds. The Morgan fingerprint density at radius 2 is 2.40 bits per heavy atom. The summed E-state index contributed by atoms with van der Waals surface area (Å²) in [5.74, 6) is 0.619. The lowest BCUT2D eigenvalue weighted by molar-refractivity contribution is 0.128. The predicted molar refractivity (Wildman–Crippen MR) is 59.4 cm³/mol. The van der Waals surface area contributed by atoms with Gasteiger partial charge in [-0.25, -0.2) is 0 Å². The summed E-state index contributed by atoms with van der Waals surface area (Å²) in [7, 11) is 3.34. The zero-order valence-corrected chi connectivity index (χ0v) is 9.71. The van der Waals surface area contributed by atoms with E-state index in [4.69, 9.17) is 16.3 Å². The third-order valence-corrected chi connectivity index (χ3v) is 2.29. The number of ether oxygens (including phenoxy) is 1. The molecule has 6 heteroatoms. The molecular formula is C9H14ClN3O2. The van der Waals surface area contributed by atoms with Crippen molar-refractivity contribution in [3.8, 4) is 0 Å². The summed E-state index contributed by atoms with van der Waals surface area (Å²) in [5.41, 5.74) is -0.290. The first-order valence-corrected chi connectivity index (χ1v) is 4.93. The Bertz CT molecular complexity index is 391. The van der Waals surface area contributed by atoms with Crippen LogP contribution >= 0.6 is 11.6 Å². The van der Waals surface area contributed by atoms with Gasteiger partial charge in [0.2, 0.25) is 5.43 Å². The second kappa shape index (κ2) is 5.14. The Kier molecular flexibility index (Phi) is 4.11. The molecule has 1 N–H and O–H groups in total. The highest BCUT2D eigenvalue weighted by molar-refractivity contribution is 6.29. The lowest BCUT2D eigenvalue weighted by Crippen LogP contribution is -2.22. The number of halogens is 1. The number of nitrogens with one attached hydrogen (secondary N) is 1. The molecule has 1 unspecified atom stereocenters. The Morgan fingerprint density at radius 3 is 3.00 bits per heavy atom. The first-order valence-electron chi connectivity index (χ1n) is 4.55. The Morgan fingerprint density at radius 1 is 1.73 bits per heavy atom. The van der Waals surface area contributed by atoms with Crippen LogP contribution in [0.15, 0.2) is 10.9 Å². The van der Waals surface area contributed by atoms with Gasteiger partial charge in [-0.2, -0.15) is 5.10 Å². The average Bonchev–Trinajstić information content (AvgIpc) is 2.21. The van der Waals surface area contributed by atoms with Crippen LogP contribution in [-0.2, 0) is 11.8 Å². The summed E-state index contributed by atoms with van der Waals surface area (Å²) in [4.78, 5) is 11.2. The highest BCUT2D eigenvalue weighted by Gasteiger charge is 2.05. The predicted octanol–water partition coefficient (Wildman–Crippen LogP) is 0.881. The summed E-state index contributed by atoms with van der Waals surface area (Å²) >= 11 is 5.58. The second-order valence-electron chi connectivity index (χ2n) is 3.24. The SMILES string of the molecule is COC(C)CNc1cc(=O)c(Cl)nn1C. The molecule has 1 aromatic heterocycles. The minimum absolute atomic E-state index is 0.0251. The van der Waals surface area contributed by atoms with E-state index in [1.54, 1.807) is 14.2 Å². The molecule has 5 nitrogen and oxygen atoms in total. The van der Waals surface area contributed by atoms with Crippen LogP contribution in [0.3, 0.4) is 0 Å². The van der Waals surface area contributed by atoms with Crippen molar-refractivity contribution in [1.29, 1.82) is 0 Å². The fraction of sp³-hybridized carbons (Fsp3) is 0.556. The summed E-state index contributed by atoms with van der Waals surface area (Å²) in [6.07, 6.45) is 0.0655. The van der Waals surface area contributed by atoms with Gasteiger partial charge in [0.1, 0.15) is 5.82 Å². The average molecular weight is 232 g/mol. The van der Waals surface area contributed by atoms with Crippen molar-refractivity contribution in [2.45, 2.75) is 13.0 Å². The van der Waals surface area contributed by atoms with Crippen LogP contribution in [0, 0.1) is 0 Å². The molecule has 0 saturated carbocycles. The topological polar surface area (TPSA) is 56.1 Å². The maximum atomic E-state index is 11.2. The number of hydrogen-bond acceptors (Lipinski definition) is 4. The minimum atomic E-state index is -0.290. The summed E-state index contributed by atoms with van der Waals surface area (Å²) < 4.78 is 6.59. The molecule has 0 spiro atoms. The molecule has 0 aliphatic rings. The standard InChI is InChI=1S/C9H14ClN3O2/c1-6(15-3)5-11-8-4-7(14)9(10)12-13(8)2/h4,6,11H,5H2,1-3H3. The maximum absolute atomic E-state index is 11.2. The fourth-order valence-corrected chi connectivity index (χ4v) is 1.18. The van der Waals surface area contributed by atoms with E-state index in [1.165, 1.54) is 10.7 Å². The van der Waals surface area contributed by atoms with Gasteiger partial charge in [0.05, 0.1) is 6.10 Å². The van der Waals surface area contributed by atoms with Crippen LogP contribution in [0.5, 0.6) is 0 Å². The van der Waals surface area contributed by atoms with Gasteiger partial charge in [0.15, 0.2) is 5.15 Å². The molecule has 0 aliphatic heterocycles. The van der Waals surface area contributed by atoms with E-state index >= 15 is 0 Å². The Hall–Kier alpha value is -1.07. The molecule has 84 valence electrons. The zero-order valence-electron chi connectivity index (χ0n) is 8.95. The van der Waals surface area contributed by atoms with E-state index in [2.05, 4.69) is 10.4 Å². The van der Waals surface area contributed by atoms with Crippen LogP contribution < -0.4 is 10.7 Å². The van der Waals surface area contributed by atoms with Gasteiger partial charge in [0, 0.05) is 26.8 Å². The molecule has 0 fully saturated rings. The molecule has 1 atom stereocenters. The lowest BCUT2D eigenvalue weighted by Gasteiger charge is -2.13. The van der Waals surface area contributed by atoms with Crippen molar-refractivity contribution in [2.24, 2.45) is 7.05 Å². The highest BCUT2D eigenvalue weighted by atomic mass is 35.5. The van der Waals surface area contributed by atoms with Crippen molar-refractivity contribution in [3.05, 3.63) is 21.4 Å². The molecular weight excluding hydrogens is 218 g/mol. The van der Waals surface area contributed by atoms with Gasteiger partial charge >= 0.3 is 0 Å². The van der Waals surface area contributed by atoms with Crippen molar-refractivity contribution in [3.63, 3.8) is 0 Å².